The van der Waals surface area contributed by atoms with E-state index in [1.54, 1.807) is 0 Å². The van der Waals surface area contributed by atoms with Crippen molar-refractivity contribution in [1.29, 1.82) is 0 Å². The minimum absolute atomic E-state index is 0.00123. The first-order valence-electron chi connectivity index (χ1n) is 11.1. The lowest BCUT2D eigenvalue weighted by molar-refractivity contribution is -0.134. The quantitative estimate of drug-likeness (QED) is 0.381. The Morgan fingerprint density at radius 3 is 2.81 bits per heavy atom. The van der Waals surface area contributed by atoms with Gasteiger partial charge in [0.2, 0.25) is 0 Å². The summed E-state index contributed by atoms with van der Waals surface area (Å²) >= 11 is 0. The fraction of sp³-hybridized carbons (Fsp3) is 0.708. The SMILES string of the molecule is CCCCCCCC(=O)Oc1ccc2c(c1)[C@@]1(C)CCCCC[C@@H](C2)[C@@H]1N. The fourth-order valence-corrected chi connectivity index (χ4v) is 5.15. The molecule has 0 amide bonds. The zero-order valence-corrected chi connectivity index (χ0v) is 17.3. The van der Waals surface area contributed by atoms with Crippen molar-refractivity contribution in [2.45, 2.75) is 102 Å². The van der Waals surface area contributed by atoms with E-state index in [2.05, 4.69) is 26.0 Å². The largest absolute Gasteiger partial charge is 0.427 e. The molecular formula is C24H37NO2. The molecule has 3 atom stereocenters. The standard InChI is InChI=1S/C24H37NO2/c1-3-4-5-6-9-12-22(26)27-20-14-13-18-16-19-11-8-7-10-15-24(2,23(19)25)21(18)17-20/h13-14,17,19,23H,3-12,15-16,25H2,1-2H3/t19-,23-,24+/m0/s1. The summed E-state index contributed by atoms with van der Waals surface area (Å²) in [6.45, 7) is 4.53. The summed E-state index contributed by atoms with van der Waals surface area (Å²) in [5.74, 6) is 1.17. The lowest BCUT2D eigenvalue weighted by atomic mass is 9.60. The Kier molecular flexibility index (Phi) is 6.97. The molecule has 1 aromatic carbocycles. The summed E-state index contributed by atoms with van der Waals surface area (Å²) < 4.78 is 5.68. The molecule has 150 valence electrons. The average molecular weight is 372 g/mol. The molecule has 0 radical (unpaired) electrons. The van der Waals surface area contributed by atoms with Crippen LogP contribution in [0, 0.1) is 5.92 Å². The summed E-state index contributed by atoms with van der Waals surface area (Å²) in [7, 11) is 0. The predicted octanol–water partition coefficient (Wildman–Crippen LogP) is 5.67. The maximum absolute atomic E-state index is 12.2. The molecule has 0 aliphatic heterocycles. The third-order valence-electron chi connectivity index (χ3n) is 6.91. The number of hydrogen-bond donors (Lipinski definition) is 1. The van der Waals surface area contributed by atoms with Crippen molar-refractivity contribution in [2.24, 2.45) is 11.7 Å². The van der Waals surface area contributed by atoms with Gasteiger partial charge in [-0.15, -0.1) is 0 Å². The molecule has 1 saturated carbocycles. The summed E-state index contributed by atoms with van der Waals surface area (Å²) in [4.78, 5) is 12.2. The Hall–Kier alpha value is -1.35. The van der Waals surface area contributed by atoms with Crippen LogP contribution in [0.25, 0.3) is 0 Å². The molecule has 3 rings (SSSR count). The number of esters is 1. The number of fused-ring (bicyclic) bond motifs is 4. The molecule has 0 aromatic heterocycles. The molecule has 3 heteroatoms. The third-order valence-corrected chi connectivity index (χ3v) is 6.91. The van der Waals surface area contributed by atoms with Gasteiger partial charge in [0.25, 0.3) is 0 Å². The summed E-state index contributed by atoms with van der Waals surface area (Å²) in [5.41, 5.74) is 9.48. The first kappa shape index (κ1) is 20.4. The Labute approximate surface area is 165 Å². The van der Waals surface area contributed by atoms with E-state index in [1.807, 2.05) is 6.07 Å². The highest BCUT2D eigenvalue weighted by atomic mass is 16.5. The van der Waals surface area contributed by atoms with Crippen molar-refractivity contribution < 1.29 is 9.53 Å². The van der Waals surface area contributed by atoms with Gasteiger partial charge in [0, 0.05) is 17.9 Å². The van der Waals surface area contributed by atoms with Crippen molar-refractivity contribution in [1.82, 2.24) is 0 Å². The average Bonchev–Trinajstić information content (AvgIpc) is 2.65. The lowest BCUT2D eigenvalue weighted by Gasteiger charge is -2.47. The first-order valence-corrected chi connectivity index (χ1v) is 11.1. The Morgan fingerprint density at radius 2 is 2.00 bits per heavy atom. The van der Waals surface area contributed by atoms with Crippen LogP contribution in [0.5, 0.6) is 5.75 Å². The Morgan fingerprint density at radius 1 is 1.19 bits per heavy atom. The molecule has 1 aromatic rings. The van der Waals surface area contributed by atoms with Crippen molar-refractivity contribution >= 4 is 5.97 Å². The molecule has 0 spiro atoms. The summed E-state index contributed by atoms with van der Waals surface area (Å²) in [6, 6.07) is 6.48. The molecule has 2 bridgehead atoms. The molecule has 0 unspecified atom stereocenters. The lowest BCUT2D eigenvalue weighted by Crippen LogP contribution is -2.52. The van der Waals surface area contributed by atoms with Crippen molar-refractivity contribution in [2.75, 3.05) is 0 Å². The molecular weight excluding hydrogens is 334 g/mol. The van der Waals surface area contributed by atoms with Gasteiger partial charge in [0.05, 0.1) is 0 Å². The van der Waals surface area contributed by atoms with E-state index in [0.29, 0.717) is 18.1 Å². The van der Waals surface area contributed by atoms with Gasteiger partial charge in [-0.2, -0.15) is 0 Å². The highest BCUT2D eigenvalue weighted by Gasteiger charge is 2.43. The van der Waals surface area contributed by atoms with Crippen LogP contribution in [-0.2, 0) is 16.6 Å². The maximum atomic E-state index is 12.2. The number of benzene rings is 1. The zero-order chi connectivity index (χ0) is 19.3. The van der Waals surface area contributed by atoms with Crippen molar-refractivity contribution in [3.8, 4) is 5.75 Å². The van der Waals surface area contributed by atoms with Crippen LogP contribution in [0.2, 0.25) is 0 Å². The second kappa shape index (κ2) is 9.23. The van der Waals surface area contributed by atoms with Crippen LogP contribution < -0.4 is 10.5 Å². The molecule has 1 fully saturated rings. The maximum Gasteiger partial charge on any atom is 0.311 e. The molecule has 2 aliphatic rings. The molecule has 0 saturated heterocycles. The van der Waals surface area contributed by atoms with E-state index < -0.39 is 0 Å². The molecule has 27 heavy (non-hydrogen) atoms. The highest BCUT2D eigenvalue weighted by molar-refractivity contribution is 5.72. The summed E-state index contributed by atoms with van der Waals surface area (Å²) in [5, 5.41) is 0. The number of unbranched alkanes of at least 4 members (excludes halogenated alkanes) is 4. The van der Waals surface area contributed by atoms with Gasteiger partial charge in [-0.3, -0.25) is 4.79 Å². The molecule has 2 aliphatic carbocycles. The zero-order valence-electron chi connectivity index (χ0n) is 17.3. The number of nitrogens with two attached hydrogens (primary N) is 1. The van der Waals surface area contributed by atoms with Crippen LogP contribution in [0.3, 0.4) is 0 Å². The van der Waals surface area contributed by atoms with Gasteiger partial charge in [-0.25, -0.2) is 0 Å². The minimum Gasteiger partial charge on any atom is -0.427 e. The van der Waals surface area contributed by atoms with Gasteiger partial charge in [-0.05, 0) is 54.9 Å². The topological polar surface area (TPSA) is 52.3 Å². The van der Waals surface area contributed by atoms with Crippen LogP contribution in [0.1, 0.15) is 95.6 Å². The van der Waals surface area contributed by atoms with Crippen LogP contribution in [0.4, 0.5) is 0 Å². The second-order valence-corrected chi connectivity index (χ2v) is 8.96. The van der Waals surface area contributed by atoms with Gasteiger partial charge in [-0.1, -0.05) is 64.9 Å². The Balaban J connectivity index is 1.68. The smallest absolute Gasteiger partial charge is 0.311 e. The monoisotopic (exact) mass is 371 g/mol. The van der Waals surface area contributed by atoms with E-state index in [1.165, 1.54) is 56.1 Å². The van der Waals surface area contributed by atoms with Crippen LogP contribution >= 0.6 is 0 Å². The van der Waals surface area contributed by atoms with Gasteiger partial charge in [0.1, 0.15) is 5.75 Å². The fourth-order valence-electron chi connectivity index (χ4n) is 5.15. The van der Waals surface area contributed by atoms with Gasteiger partial charge >= 0.3 is 5.97 Å². The number of carbonyl (C=O) groups is 1. The predicted molar refractivity (Wildman–Crippen MR) is 111 cm³/mol. The first-order chi connectivity index (χ1) is 13.0. The Bertz CT molecular complexity index is 641. The third kappa shape index (κ3) is 4.74. The number of ether oxygens (including phenoxy) is 1. The molecule has 0 heterocycles. The number of carbonyl (C=O) groups excluding carboxylic acids is 1. The van der Waals surface area contributed by atoms with Gasteiger partial charge in [0.15, 0.2) is 0 Å². The second-order valence-electron chi connectivity index (χ2n) is 8.96. The van der Waals surface area contributed by atoms with E-state index >= 15 is 0 Å². The number of rotatable bonds is 7. The number of hydrogen-bond acceptors (Lipinski definition) is 3. The summed E-state index contributed by atoms with van der Waals surface area (Å²) in [6.07, 6.45) is 13.5. The van der Waals surface area contributed by atoms with Crippen LogP contribution in [-0.4, -0.2) is 12.0 Å². The van der Waals surface area contributed by atoms with E-state index in [-0.39, 0.29) is 17.4 Å². The normalized spacial score (nSPS) is 27.4. The molecule has 2 N–H and O–H groups in total. The van der Waals surface area contributed by atoms with Crippen LogP contribution in [0.15, 0.2) is 18.2 Å². The minimum atomic E-state index is -0.104. The van der Waals surface area contributed by atoms with E-state index in [4.69, 9.17) is 10.5 Å². The van der Waals surface area contributed by atoms with E-state index in [0.717, 1.165) is 25.7 Å². The molecule has 3 nitrogen and oxygen atoms in total. The van der Waals surface area contributed by atoms with E-state index in [9.17, 15) is 4.79 Å². The van der Waals surface area contributed by atoms with Gasteiger partial charge < -0.3 is 10.5 Å². The van der Waals surface area contributed by atoms with Crippen molar-refractivity contribution in [3.05, 3.63) is 29.3 Å². The highest BCUT2D eigenvalue weighted by Crippen LogP contribution is 2.46. The van der Waals surface area contributed by atoms with Crippen molar-refractivity contribution in [3.63, 3.8) is 0 Å².